The van der Waals surface area contributed by atoms with Crippen LogP contribution >= 0.6 is 0 Å². The smallest absolute Gasteiger partial charge is 0.0562 e. The molecule has 10 aromatic carbocycles. The Labute approximate surface area is 350 Å². The lowest BCUT2D eigenvalue weighted by molar-refractivity contribution is 1.18. The standard InChI is InChI=1S/C58H40N2/c1-4-19-41(20-5-1)44-25-16-26-45(39-44)49-30-12-14-33-54(49)60(57-36-18-35-56-58(57)52-31-13-15-34-55(52)59(56)46-27-8-3-9-28-46)47-37-38-51(53(40-47)43-21-6-2-7-22-43)50-32-17-24-42-23-10-11-29-48(42)50/h1-40H. The number of hydrogen-bond acceptors (Lipinski definition) is 1. The molecule has 0 aliphatic rings. The third-order valence-corrected chi connectivity index (χ3v) is 11.8. The van der Waals surface area contributed by atoms with E-state index in [2.05, 4.69) is 252 Å². The Bertz CT molecular complexity index is 3300. The summed E-state index contributed by atoms with van der Waals surface area (Å²) in [7, 11) is 0. The molecule has 0 spiro atoms. The normalized spacial score (nSPS) is 11.3. The van der Waals surface area contributed by atoms with Crippen molar-refractivity contribution in [2.75, 3.05) is 4.90 Å². The Morgan fingerprint density at radius 2 is 0.867 bits per heavy atom. The van der Waals surface area contributed by atoms with Gasteiger partial charge in [-0.05, 0) is 104 Å². The molecule has 0 unspecified atom stereocenters. The second-order valence-electron chi connectivity index (χ2n) is 15.3. The molecule has 1 heterocycles. The highest BCUT2D eigenvalue weighted by molar-refractivity contribution is 6.17. The second kappa shape index (κ2) is 15.1. The summed E-state index contributed by atoms with van der Waals surface area (Å²) in [4.78, 5) is 2.49. The summed E-state index contributed by atoms with van der Waals surface area (Å²) in [5, 5.41) is 4.87. The van der Waals surface area contributed by atoms with Gasteiger partial charge in [-0.1, -0.05) is 188 Å². The fourth-order valence-corrected chi connectivity index (χ4v) is 9.08. The van der Waals surface area contributed by atoms with Crippen LogP contribution in [0.25, 0.3) is 82.8 Å². The summed E-state index contributed by atoms with van der Waals surface area (Å²) in [5.41, 5.74) is 16.2. The van der Waals surface area contributed by atoms with Crippen LogP contribution in [0.3, 0.4) is 0 Å². The molecule has 0 amide bonds. The molecule has 60 heavy (non-hydrogen) atoms. The molecule has 0 atom stereocenters. The maximum absolute atomic E-state index is 2.49. The van der Waals surface area contributed by atoms with Gasteiger partial charge in [-0.15, -0.1) is 0 Å². The lowest BCUT2D eigenvalue weighted by Crippen LogP contribution is -2.12. The summed E-state index contributed by atoms with van der Waals surface area (Å²) in [6.07, 6.45) is 0. The maximum atomic E-state index is 2.49. The number of fused-ring (bicyclic) bond motifs is 4. The molecule has 1 aromatic heterocycles. The Hall–Kier alpha value is -7.94. The molecule has 11 aromatic rings. The van der Waals surface area contributed by atoms with E-state index in [9.17, 15) is 0 Å². The molecular formula is C58H40N2. The van der Waals surface area contributed by atoms with Crippen LogP contribution in [0.1, 0.15) is 0 Å². The van der Waals surface area contributed by atoms with Gasteiger partial charge < -0.3 is 9.47 Å². The lowest BCUT2D eigenvalue weighted by atomic mass is 9.90. The fraction of sp³-hybridized carbons (Fsp3) is 0. The van der Waals surface area contributed by atoms with E-state index in [0.717, 1.165) is 39.4 Å². The van der Waals surface area contributed by atoms with E-state index in [1.54, 1.807) is 0 Å². The van der Waals surface area contributed by atoms with Gasteiger partial charge >= 0.3 is 0 Å². The summed E-state index contributed by atoms with van der Waals surface area (Å²) >= 11 is 0. The average Bonchev–Trinajstić information content (AvgIpc) is 3.67. The number of aromatic nitrogens is 1. The van der Waals surface area contributed by atoms with Crippen molar-refractivity contribution >= 4 is 49.6 Å². The topological polar surface area (TPSA) is 8.17 Å². The van der Waals surface area contributed by atoms with E-state index in [0.29, 0.717) is 0 Å². The van der Waals surface area contributed by atoms with Gasteiger partial charge in [0, 0.05) is 27.7 Å². The number of nitrogens with zero attached hydrogens (tertiary/aromatic N) is 2. The number of para-hydroxylation sites is 3. The summed E-state index contributed by atoms with van der Waals surface area (Å²) < 4.78 is 2.40. The zero-order valence-corrected chi connectivity index (χ0v) is 33.0. The minimum Gasteiger partial charge on any atom is -0.309 e. The summed E-state index contributed by atoms with van der Waals surface area (Å²) in [6, 6.07) is 88.0. The first-order valence-corrected chi connectivity index (χ1v) is 20.6. The van der Waals surface area contributed by atoms with Crippen LogP contribution in [-0.2, 0) is 0 Å². The van der Waals surface area contributed by atoms with E-state index in [1.165, 1.54) is 60.4 Å². The number of rotatable bonds is 8. The molecule has 0 N–H and O–H groups in total. The Kier molecular flexibility index (Phi) is 8.87. The SMILES string of the molecule is c1ccc(-c2cccc(-c3ccccc3N(c3ccc(-c4cccc5ccccc45)c(-c4ccccc4)c3)c3cccc4c3c3ccccc3n4-c3ccccc3)c2)cc1. The van der Waals surface area contributed by atoms with Gasteiger partial charge in [-0.2, -0.15) is 0 Å². The van der Waals surface area contributed by atoms with Crippen molar-refractivity contribution in [2.24, 2.45) is 0 Å². The predicted octanol–water partition coefficient (Wildman–Crippen LogP) is 16.1. The first kappa shape index (κ1) is 35.2. The lowest BCUT2D eigenvalue weighted by Gasteiger charge is -2.30. The number of benzene rings is 10. The van der Waals surface area contributed by atoms with Crippen LogP contribution in [0, 0.1) is 0 Å². The number of anilines is 3. The fourth-order valence-electron chi connectivity index (χ4n) is 9.08. The molecule has 0 fully saturated rings. The van der Waals surface area contributed by atoms with Crippen LogP contribution in [0.15, 0.2) is 243 Å². The third kappa shape index (κ3) is 6.14. The molecule has 0 bridgehead atoms. The van der Waals surface area contributed by atoms with E-state index in [-0.39, 0.29) is 0 Å². The monoisotopic (exact) mass is 764 g/mol. The first-order chi connectivity index (χ1) is 29.8. The molecule has 0 saturated carbocycles. The molecule has 282 valence electrons. The van der Waals surface area contributed by atoms with Gasteiger partial charge in [0.15, 0.2) is 0 Å². The minimum atomic E-state index is 1.08. The van der Waals surface area contributed by atoms with Gasteiger partial charge in [-0.25, -0.2) is 0 Å². The van der Waals surface area contributed by atoms with Crippen LogP contribution in [-0.4, -0.2) is 4.57 Å². The summed E-state index contributed by atoms with van der Waals surface area (Å²) in [5.74, 6) is 0. The van der Waals surface area contributed by atoms with E-state index < -0.39 is 0 Å². The molecule has 11 rings (SSSR count). The van der Waals surface area contributed by atoms with Gasteiger partial charge in [0.05, 0.1) is 22.4 Å². The van der Waals surface area contributed by atoms with Gasteiger partial charge in [0.1, 0.15) is 0 Å². The van der Waals surface area contributed by atoms with E-state index in [4.69, 9.17) is 0 Å². The molecule has 2 heteroatoms. The predicted molar refractivity (Wildman–Crippen MR) is 255 cm³/mol. The molecule has 0 radical (unpaired) electrons. The molecule has 2 nitrogen and oxygen atoms in total. The Morgan fingerprint density at radius 3 is 1.70 bits per heavy atom. The largest absolute Gasteiger partial charge is 0.309 e. The van der Waals surface area contributed by atoms with Crippen LogP contribution in [0.4, 0.5) is 17.1 Å². The zero-order valence-electron chi connectivity index (χ0n) is 33.0. The van der Waals surface area contributed by atoms with Crippen molar-refractivity contribution in [3.63, 3.8) is 0 Å². The van der Waals surface area contributed by atoms with Crippen molar-refractivity contribution < 1.29 is 0 Å². The van der Waals surface area contributed by atoms with E-state index >= 15 is 0 Å². The van der Waals surface area contributed by atoms with Crippen molar-refractivity contribution in [3.05, 3.63) is 243 Å². The van der Waals surface area contributed by atoms with Gasteiger partial charge in [0.25, 0.3) is 0 Å². The molecule has 0 saturated heterocycles. The highest BCUT2D eigenvalue weighted by atomic mass is 15.2. The third-order valence-electron chi connectivity index (χ3n) is 11.8. The quantitative estimate of drug-likeness (QED) is 0.150. The van der Waals surface area contributed by atoms with Crippen LogP contribution in [0.2, 0.25) is 0 Å². The molecule has 0 aliphatic carbocycles. The van der Waals surface area contributed by atoms with E-state index in [1.807, 2.05) is 0 Å². The minimum absolute atomic E-state index is 1.08. The summed E-state index contributed by atoms with van der Waals surface area (Å²) in [6.45, 7) is 0. The van der Waals surface area contributed by atoms with Crippen LogP contribution in [0.5, 0.6) is 0 Å². The average molecular weight is 765 g/mol. The van der Waals surface area contributed by atoms with Crippen LogP contribution < -0.4 is 4.90 Å². The van der Waals surface area contributed by atoms with Crippen molar-refractivity contribution in [3.8, 4) is 50.2 Å². The molecular weight excluding hydrogens is 725 g/mol. The number of hydrogen-bond donors (Lipinski definition) is 0. The molecule has 0 aliphatic heterocycles. The van der Waals surface area contributed by atoms with Gasteiger partial charge in [-0.3, -0.25) is 0 Å². The van der Waals surface area contributed by atoms with Crippen molar-refractivity contribution in [1.82, 2.24) is 4.57 Å². The maximum Gasteiger partial charge on any atom is 0.0562 e. The second-order valence-corrected chi connectivity index (χ2v) is 15.3. The highest BCUT2D eigenvalue weighted by Crippen LogP contribution is 2.48. The Balaban J connectivity index is 1.21. The van der Waals surface area contributed by atoms with Gasteiger partial charge in [0.2, 0.25) is 0 Å². The zero-order chi connectivity index (χ0) is 39.8. The van der Waals surface area contributed by atoms with Crippen molar-refractivity contribution in [1.29, 1.82) is 0 Å². The Morgan fingerprint density at radius 1 is 0.300 bits per heavy atom. The highest BCUT2D eigenvalue weighted by Gasteiger charge is 2.24. The first-order valence-electron chi connectivity index (χ1n) is 20.6. The van der Waals surface area contributed by atoms with Crippen molar-refractivity contribution in [2.45, 2.75) is 0 Å².